The van der Waals surface area contributed by atoms with Gasteiger partial charge in [0.05, 0.1) is 6.61 Å². The molecule has 0 unspecified atom stereocenters. The number of pyridine rings is 1. The number of aromatic nitrogens is 4. The fourth-order valence-electron chi connectivity index (χ4n) is 1.47. The van der Waals surface area contributed by atoms with E-state index in [2.05, 4.69) is 20.4 Å². The molecule has 2 heterocycles. The zero-order chi connectivity index (χ0) is 13.0. The van der Waals surface area contributed by atoms with Gasteiger partial charge in [0.2, 0.25) is 11.9 Å². The lowest BCUT2D eigenvalue weighted by Crippen LogP contribution is -2.09. The molecule has 0 aromatic carbocycles. The summed E-state index contributed by atoms with van der Waals surface area (Å²) in [6, 6.07) is 3.80. The van der Waals surface area contributed by atoms with Gasteiger partial charge in [0.15, 0.2) is 5.82 Å². The lowest BCUT2D eigenvalue weighted by Gasteiger charge is -2.01. The van der Waals surface area contributed by atoms with Crippen LogP contribution in [0.15, 0.2) is 18.3 Å². The Labute approximate surface area is 105 Å². The van der Waals surface area contributed by atoms with Crippen molar-refractivity contribution in [3.63, 3.8) is 0 Å². The van der Waals surface area contributed by atoms with Crippen molar-refractivity contribution in [2.75, 3.05) is 31.3 Å². The van der Waals surface area contributed by atoms with Gasteiger partial charge in [0, 0.05) is 19.9 Å². The fraction of sp³-hybridized carbons (Fsp3) is 0.364. The molecule has 0 spiro atoms. The van der Waals surface area contributed by atoms with E-state index in [1.807, 2.05) is 19.1 Å². The van der Waals surface area contributed by atoms with Crippen LogP contribution in [0, 0.1) is 6.92 Å². The second kappa shape index (κ2) is 5.46. The van der Waals surface area contributed by atoms with Crippen LogP contribution in [0.4, 0.5) is 11.9 Å². The predicted molar refractivity (Wildman–Crippen MR) is 68.7 cm³/mol. The second-order valence-electron chi connectivity index (χ2n) is 3.82. The van der Waals surface area contributed by atoms with E-state index in [1.54, 1.807) is 13.3 Å². The molecular weight excluding hydrogens is 232 g/mol. The van der Waals surface area contributed by atoms with E-state index in [4.69, 9.17) is 10.5 Å². The van der Waals surface area contributed by atoms with Crippen molar-refractivity contribution in [1.29, 1.82) is 0 Å². The topological polar surface area (TPSA) is 90.9 Å². The minimum Gasteiger partial charge on any atom is -0.383 e. The third-order valence-corrected chi connectivity index (χ3v) is 2.34. The minimum atomic E-state index is 0.299. The van der Waals surface area contributed by atoms with Gasteiger partial charge in [-0.25, -0.2) is 4.98 Å². The van der Waals surface area contributed by atoms with Gasteiger partial charge in [-0.05, 0) is 24.6 Å². The maximum Gasteiger partial charge on any atom is 0.244 e. The second-order valence-corrected chi connectivity index (χ2v) is 3.82. The first kappa shape index (κ1) is 12.3. The van der Waals surface area contributed by atoms with Gasteiger partial charge in [-0.2, -0.15) is 9.67 Å². The van der Waals surface area contributed by atoms with Gasteiger partial charge < -0.3 is 15.8 Å². The molecule has 2 aromatic rings. The number of nitrogen functional groups attached to an aromatic ring is 1. The van der Waals surface area contributed by atoms with Gasteiger partial charge in [0.25, 0.3) is 0 Å². The molecule has 0 aliphatic rings. The van der Waals surface area contributed by atoms with Crippen LogP contribution < -0.4 is 11.1 Å². The van der Waals surface area contributed by atoms with E-state index in [9.17, 15) is 0 Å². The van der Waals surface area contributed by atoms with E-state index in [0.717, 1.165) is 5.56 Å². The quantitative estimate of drug-likeness (QED) is 0.753. The van der Waals surface area contributed by atoms with Crippen LogP contribution in [0.25, 0.3) is 5.82 Å². The molecule has 0 saturated heterocycles. The molecule has 7 nitrogen and oxygen atoms in total. The summed E-state index contributed by atoms with van der Waals surface area (Å²) in [7, 11) is 1.64. The van der Waals surface area contributed by atoms with Crippen LogP contribution in [0.2, 0.25) is 0 Å². The molecule has 2 rings (SSSR count). The smallest absolute Gasteiger partial charge is 0.244 e. The first-order valence-corrected chi connectivity index (χ1v) is 5.59. The largest absolute Gasteiger partial charge is 0.383 e. The van der Waals surface area contributed by atoms with Gasteiger partial charge in [-0.3, -0.25) is 0 Å². The van der Waals surface area contributed by atoms with Crippen molar-refractivity contribution in [2.45, 2.75) is 6.92 Å². The minimum absolute atomic E-state index is 0.299. The Morgan fingerprint density at radius 3 is 3.06 bits per heavy atom. The van der Waals surface area contributed by atoms with Gasteiger partial charge in [-0.1, -0.05) is 0 Å². The SMILES string of the molecule is COCCNc1nc(N)n(-c2cc(C)ccn2)n1. The standard InChI is InChI=1S/C11H16N6O/c1-8-3-4-13-9(7-8)17-10(12)15-11(16-17)14-5-6-18-2/h3-4,7H,5-6H2,1-2H3,(H3,12,14,15,16). The van der Waals surface area contributed by atoms with E-state index in [0.29, 0.717) is 30.9 Å². The zero-order valence-electron chi connectivity index (χ0n) is 10.4. The van der Waals surface area contributed by atoms with E-state index in [1.165, 1.54) is 4.68 Å². The van der Waals surface area contributed by atoms with Gasteiger partial charge in [-0.15, -0.1) is 5.10 Å². The third-order valence-electron chi connectivity index (χ3n) is 2.34. The zero-order valence-corrected chi connectivity index (χ0v) is 10.4. The number of methoxy groups -OCH3 is 1. The predicted octanol–water partition coefficient (Wildman–Crippen LogP) is 0.611. The lowest BCUT2D eigenvalue weighted by atomic mass is 10.3. The average molecular weight is 248 g/mol. The lowest BCUT2D eigenvalue weighted by molar-refractivity contribution is 0.210. The molecule has 3 N–H and O–H groups in total. The summed E-state index contributed by atoms with van der Waals surface area (Å²) < 4.78 is 6.43. The Hall–Kier alpha value is -2.15. The number of rotatable bonds is 5. The van der Waals surface area contributed by atoms with Crippen molar-refractivity contribution in [3.05, 3.63) is 23.9 Å². The molecule has 2 aromatic heterocycles. The maximum absolute atomic E-state index is 5.81. The number of nitrogens with one attached hydrogen (secondary N) is 1. The highest BCUT2D eigenvalue weighted by molar-refractivity contribution is 5.39. The summed E-state index contributed by atoms with van der Waals surface area (Å²) in [6.45, 7) is 3.19. The summed E-state index contributed by atoms with van der Waals surface area (Å²) >= 11 is 0. The number of nitrogens with zero attached hydrogens (tertiary/aromatic N) is 4. The van der Waals surface area contributed by atoms with E-state index in [-0.39, 0.29) is 0 Å². The van der Waals surface area contributed by atoms with Crippen molar-refractivity contribution >= 4 is 11.9 Å². The number of hydrogen-bond donors (Lipinski definition) is 2. The maximum atomic E-state index is 5.81. The molecule has 0 atom stereocenters. The molecule has 0 bridgehead atoms. The normalized spacial score (nSPS) is 10.6. The highest BCUT2D eigenvalue weighted by Crippen LogP contribution is 2.12. The molecule has 0 aliphatic carbocycles. The van der Waals surface area contributed by atoms with E-state index >= 15 is 0 Å². The Kier molecular flexibility index (Phi) is 3.73. The molecule has 0 amide bonds. The molecule has 18 heavy (non-hydrogen) atoms. The van der Waals surface area contributed by atoms with Gasteiger partial charge in [0.1, 0.15) is 0 Å². The molecule has 0 aliphatic heterocycles. The molecular formula is C11H16N6O. The summed E-state index contributed by atoms with van der Waals surface area (Å²) in [5.74, 6) is 1.42. The number of nitrogens with two attached hydrogens (primary N) is 1. The molecule has 96 valence electrons. The van der Waals surface area contributed by atoms with Crippen LogP contribution in [-0.2, 0) is 4.74 Å². The van der Waals surface area contributed by atoms with Crippen LogP contribution in [-0.4, -0.2) is 40.0 Å². The number of hydrogen-bond acceptors (Lipinski definition) is 6. The molecule has 0 fully saturated rings. The highest BCUT2D eigenvalue weighted by Gasteiger charge is 2.09. The Bertz CT molecular complexity index is 524. The Balaban J connectivity index is 2.18. The van der Waals surface area contributed by atoms with Crippen molar-refractivity contribution in [3.8, 4) is 5.82 Å². The number of anilines is 2. The molecule has 0 saturated carbocycles. The van der Waals surface area contributed by atoms with Gasteiger partial charge >= 0.3 is 0 Å². The van der Waals surface area contributed by atoms with Crippen LogP contribution in [0.5, 0.6) is 0 Å². The highest BCUT2D eigenvalue weighted by atomic mass is 16.5. The summed E-state index contributed by atoms with van der Waals surface area (Å²) in [5.41, 5.74) is 6.89. The average Bonchev–Trinajstić information content (AvgIpc) is 2.71. The number of ether oxygens (including phenoxy) is 1. The molecule has 7 heteroatoms. The summed E-state index contributed by atoms with van der Waals surface area (Å²) in [5, 5.41) is 7.26. The first-order valence-electron chi connectivity index (χ1n) is 5.59. The Morgan fingerprint density at radius 1 is 1.50 bits per heavy atom. The molecule has 0 radical (unpaired) electrons. The number of aryl methyl sites for hydroxylation is 1. The van der Waals surface area contributed by atoms with Crippen molar-refractivity contribution < 1.29 is 4.74 Å². The monoisotopic (exact) mass is 248 g/mol. The van der Waals surface area contributed by atoms with E-state index < -0.39 is 0 Å². The van der Waals surface area contributed by atoms with Crippen LogP contribution in [0.1, 0.15) is 5.56 Å². The van der Waals surface area contributed by atoms with Crippen LogP contribution in [0.3, 0.4) is 0 Å². The fourth-order valence-corrected chi connectivity index (χ4v) is 1.47. The third kappa shape index (κ3) is 2.75. The van der Waals surface area contributed by atoms with Crippen molar-refractivity contribution in [2.24, 2.45) is 0 Å². The van der Waals surface area contributed by atoms with Crippen molar-refractivity contribution in [1.82, 2.24) is 19.7 Å². The summed E-state index contributed by atoms with van der Waals surface area (Å²) in [4.78, 5) is 8.32. The first-order chi connectivity index (χ1) is 8.70. The van der Waals surface area contributed by atoms with Crippen LogP contribution >= 0.6 is 0 Å². The summed E-state index contributed by atoms with van der Waals surface area (Å²) in [6.07, 6.45) is 1.71. The Morgan fingerprint density at radius 2 is 2.33 bits per heavy atom.